The molecule has 1 rings (SSSR count). The summed E-state index contributed by atoms with van der Waals surface area (Å²) in [5.41, 5.74) is 3.23. The molecule has 1 fully saturated rings. The van der Waals surface area contributed by atoms with Crippen molar-refractivity contribution < 1.29 is 0 Å². The average Bonchev–Trinajstić information content (AvgIpc) is 2.24. The molecule has 0 atom stereocenters. The standard InChI is InChI=1S/C13H28N4/c1-10(2)15-12(16-14)17(5)11-6-8-13(3,4)9-7-11/h10-11H,6-9,14H2,1-5H3,(H,15,16). The van der Waals surface area contributed by atoms with Gasteiger partial charge in [0.05, 0.1) is 0 Å². The molecule has 4 heteroatoms. The highest BCUT2D eigenvalue weighted by molar-refractivity contribution is 5.79. The van der Waals surface area contributed by atoms with Crippen LogP contribution in [0.1, 0.15) is 53.4 Å². The van der Waals surface area contributed by atoms with Crippen LogP contribution in [0.5, 0.6) is 0 Å². The highest BCUT2D eigenvalue weighted by Crippen LogP contribution is 2.36. The Morgan fingerprint density at radius 1 is 1.35 bits per heavy atom. The number of hydrogen-bond donors (Lipinski definition) is 2. The zero-order valence-corrected chi connectivity index (χ0v) is 12.0. The molecule has 0 amide bonds. The van der Waals surface area contributed by atoms with Crippen molar-refractivity contribution in [2.24, 2.45) is 16.3 Å². The number of nitrogens with two attached hydrogens (primary N) is 1. The third-order valence-electron chi connectivity index (χ3n) is 3.70. The summed E-state index contributed by atoms with van der Waals surface area (Å²) in [5.74, 6) is 6.37. The second kappa shape index (κ2) is 5.71. The molecule has 0 radical (unpaired) electrons. The molecule has 0 aromatic heterocycles. The topological polar surface area (TPSA) is 53.6 Å². The van der Waals surface area contributed by atoms with Crippen LogP contribution in [-0.4, -0.2) is 30.0 Å². The van der Waals surface area contributed by atoms with Crippen molar-refractivity contribution in [3.8, 4) is 0 Å². The number of hydrazine groups is 1. The van der Waals surface area contributed by atoms with Gasteiger partial charge in [-0.1, -0.05) is 13.8 Å². The molecule has 0 unspecified atom stereocenters. The average molecular weight is 240 g/mol. The fraction of sp³-hybridized carbons (Fsp3) is 0.923. The van der Waals surface area contributed by atoms with Gasteiger partial charge in [0, 0.05) is 19.1 Å². The largest absolute Gasteiger partial charge is 0.342 e. The molecule has 100 valence electrons. The molecular formula is C13H28N4. The fourth-order valence-electron chi connectivity index (χ4n) is 2.42. The van der Waals surface area contributed by atoms with Crippen LogP contribution in [0.4, 0.5) is 0 Å². The summed E-state index contributed by atoms with van der Waals surface area (Å²) in [7, 11) is 2.09. The van der Waals surface area contributed by atoms with E-state index in [1.807, 2.05) is 0 Å². The highest BCUT2D eigenvalue weighted by atomic mass is 15.4. The van der Waals surface area contributed by atoms with Gasteiger partial charge in [-0.3, -0.25) is 5.43 Å². The van der Waals surface area contributed by atoms with E-state index in [2.05, 4.69) is 50.1 Å². The van der Waals surface area contributed by atoms with E-state index in [1.165, 1.54) is 25.7 Å². The second-order valence-corrected chi connectivity index (χ2v) is 6.20. The van der Waals surface area contributed by atoms with Gasteiger partial charge in [-0.05, 0) is 44.9 Å². The molecule has 1 saturated carbocycles. The van der Waals surface area contributed by atoms with Crippen LogP contribution in [0, 0.1) is 5.41 Å². The molecule has 0 spiro atoms. The zero-order valence-electron chi connectivity index (χ0n) is 12.0. The van der Waals surface area contributed by atoms with Crippen molar-refractivity contribution >= 4 is 5.96 Å². The molecular weight excluding hydrogens is 212 g/mol. The van der Waals surface area contributed by atoms with Gasteiger partial charge in [0.15, 0.2) is 0 Å². The Morgan fingerprint density at radius 3 is 2.29 bits per heavy atom. The second-order valence-electron chi connectivity index (χ2n) is 6.20. The molecule has 0 saturated heterocycles. The van der Waals surface area contributed by atoms with Crippen molar-refractivity contribution in [1.82, 2.24) is 10.3 Å². The minimum Gasteiger partial charge on any atom is -0.342 e. The Bertz CT molecular complexity index is 261. The first-order valence-corrected chi connectivity index (χ1v) is 6.63. The zero-order chi connectivity index (χ0) is 13.1. The predicted molar refractivity (Wildman–Crippen MR) is 73.7 cm³/mol. The molecule has 4 nitrogen and oxygen atoms in total. The summed E-state index contributed by atoms with van der Waals surface area (Å²) in [4.78, 5) is 6.72. The molecule has 0 aromatic rings. The lowest BCUT2D eigenvalue weighted by Gasteiger charge is -2.39. The van der Waals surface area contributed by atoms with Crippen molar-refractivity contribution in [1.29, 1.82) is 0 Å². The van der Waals surface area contributed by atoms with Gasteiger partial charge in [0.25, 0.3) is 0 Å². The van der Waals surface area contributed by atoms with E-state index in [9.17, 15) is 0 Å². The van der Waals surface area contributed by atoms with E-state index in [-0.39, 0.29) is 6.04 Å². The van der Waals surface area contributed by atoms with Crippen LogP contribution >= 0.6 is 0 Å². The molecule has 1 aliphatic rings. The number of aliphatic imine (C=N–C) groups is 1. The molecule has 1 aliphatic carbocycles. The summed E-state index contributed by atoms with van der Waals surface area (Å²) in [6.07, 6.45) is 5.01. The fourth-order valence-corrected chi connectivity index (χ4v) is 2.42. The number of nitrogens with one attached hydrogen (secondary N) is 1. The maximum absolute atomic E-state index is 5.56. The molecule has 0 bridgehead atoms. The van der Waals surface area contributed by atoms with Crippen molar-refractivity contribution in [3.63, 3.8) is 0 Å². The first-order chi connectivity index (χ1) is 7.85. The van der Waals surface area contributed by atoms with E-state index >= 15 is 0 Å². The SMILES string of the molecule is CC(C)N=C(NN)N(C)C1CCC(C)(C)CC1. The quantitative estimate of drug-likeness (QED) is 0.336. The Morgan fingerprint density at radius 2 is 1.88 bits per heavy atom. The normalized spacial score (nSPS) is 21.7. The van der Waals surface area contributed by atoms with Crippen molar-refractivity contribution in [3.05, 3.63) is 0 Å². The summed E-state index contributed by atoms with van der Waals surface area (Å²) < 4.78 is 0. The third-order valence-corrected chi connectivity index (χ3v) is 3.70. The minimum atomic E-state index is 0.267. The number of hydrogen-bond acceptors (Lipinski definition) is 2. The summed E-state index contributed by atoms with van der Waals surface area (Å²) in [6.45, 7) is 8.84. The number of rotatable bonds is 2. The molecule has 0 aliphatic heterocycles. The Labute approximate surface area is 106 Å². The smallest absolute Gasteiger partial charge is 0.208 e. The lowest BCUT2D eigenvalue weighted by Crippen LogP contribution is -2.49. The van der Waals surface area contributed by atoms with Crippen LogP contribution in [-0.2, 0) is 0 Å². The van der Waals surface area contributed by atoms with Gasteiger partial charge in [0.1, 0.15) is 0 Å². The number of nitrogens with zero attached hydrogens (tertiary/aromatic N) is 2. The Balaban J connectivity index is 2.61. The lowest BCUT2D eigenvalue weighted by molar-refractivity contribution is 0.166. The van der Waals surface area contributed by atoms with Crippen molar-refractivity contribution in [2.75, 3.05) is 7.05 Å². The maximum atomic E-state index is 5.56. The molecule has 0 heterocycles. The summed E-state index contributed by atoms with van der Waals surface area (Å²) in [5, 5.41) is 0. The van der Waals surface area contributed by atoms with Crippen LogP contribution in [0.3, 0.4) is 0 Å². The van der Waals surface area contributed by atoms with Gasteiger partial charge < -0.3 is 4.90 Å². The van der Waals surface area contributed by atoms with Gasteiger partial charge in [0.2, 0.25) is 5.96 Å². The Hall–Kier alpha value is -0.770. The molecule has 17 heavy (non-hydrogen) atoms. The Kier molecular flexibility index (Phi) is 4.80. The van der Waals surface area contributed by atoms with E-state index in [4.69, 9.17) is 5.84 Å². The van der Waals surface area contributed by atoms with Gasteiger partial charge >= 0.3 is 0 Å². The van der Waals surface area contributed by atoms with E-state index in [0.29, 0.717) is 11.5 Å². The van der Waals surface area contributed by atoms with Crippen LogP contribution in [0.15, 0.2) is 4.99 Å². The highest BCUT2D eigenvalue weighted by Gasteiger charge is 2.29. The predicted octanol–water partition coefficient (Wildman–Crippen LogP) is 2.11. The first-order valence-electron chi connectivity index (χ1n) is 6.63. The molecule has 0 aromatic carbocycles. The van der Waals surface area contributed by atoms with Crippen LogP contribution in [0.2, 0.25) is 0 Å². The van der Waals surface area contributed by atoms with E-state index in [1.54, 1.807) is 0 Å². The molecule has 3 N–H and O–H groups in total. The van der Waals surface area contributed by atoms with Crippen LogP contribution in [0.25, 0.3) is 0 Å². The van der Waals surface area contributed by atoms with Gasteiger partial charge in [-0.15, -0.1) is 0 Å². The summed E-state index contributed by atoms with van der Waals surface area (Å²) in [6, 6.07) is 0.833. The number of guanidine groups is 1. The van der Waals surface area contributed by atoms with E-state index in [0.717, 1.165) is 5.96 Å². The van der Waals surface area contributed by atoms with Crippen LogP contribution < -0.4 is 11.3 Å². The minimum absolute atomic E-state index is 0.267. The van der Waals surface area contributed by atoms with Gasteiger partial charge in [-0.2, -0.15) is 0 Å². The monoisotopic (exact) mass is 240 g/mol. The van der Waals surface area contributed by atoms with E-state index < -0.39 is 0 Å². The third kappa shape index (κ3) is 4.19. The van der Waals surface area contributed by atoms with Gasteiger partial charge in [-0.25, -0.2) is 10.8 Å². The lowest BCUT2D eigenvalue weighted by atomic mass is 9.75. The first kappa shape index (κ1) is 14.3. The summed E-state index contributed by atoms with van der Waals surface area (Å²) >= 11 is 0. The van der Waals surface area contributed by atoms with Crippen molar-refractivity contribution in [2.45, 2.75) is 65.5 Å². The maximum Gasteiger partial charge on any atom is 0.208 e.